The molecule has 3 heterocycles. The Balaban J connectivity index is 1.06. The number of nitrogens with zero attached hydrogens (tertiary/aromatic N) is 3. The maximum absolute atomic E-state index is 5.74. The highest BCUT2D eigenvalue weighted by Gasteiger charge is 2.24. The van der Waals surface area contributed by atoms with Gasteiger partial charge >= 0.3 is 0 Å². The van der Waals surface area contributed by atoms with Crippen LogP contribution in [-0.4, -0.2) is 76.6 Å². The molecule has 0 spiro atoms. The first kappa shape index (κ1) is 28.9. The Bertz CT molecular complexity index is 1450. The molecule has 3 aliphatic rings. The molecule has 3 unspecified atom stereocenters. The van der Waals surface area contributed by atoms with Gasteiger partial charge in [-0.15, -0.1) is 0 Å². The molecule has 0 N–H and O–H groups in total. The summed E-state index contributed by atoms with van der Waals surface area (Å²) in [6.07, 6.45) is 6.18. The van der Waals surface area contributed by atoms with Crippen molar-refractivity contribution >= 4 is 35.7 Å². The Hall–Kier alpha value is -4.83. The smallest absolute Gasteiger partial charge is 0.119 e. The van der Waals surface area contributed by atoms with Crippen molar-refractivity contribution < 1.29 is 28.4 Å². The highest BCUT2D eigenvalue weighted by atomic mass is 16.6. The zero-order valence-electron chi connectivity index (χ0n) is 24.7. The Morgan fingerprint density at radius 3 is 0.978 bits per heavy atom. The summed E-state index contributed by atoms with van der Waals surface area (Å²) in [6, 6.07) is 29.2. The van der Waals surface area contributed by atoms with Gasteiger partial charge in [0.1, 0.15) is 55.4 Å². The van der Waals surface area contributed by atoms with E-state index < -0.39 is 0 Å². The predicted octanol–water partition coefficient (Wildman–Crippen LogP) is 6.27. The normalized spacial score (nSPS) is 20.1. The number of rotatable bonds is 15. The molecule has 7 rings (SSSR count). The molecule has 0 amide bonds. The highest BCUT2D eigenvalue weighted by Crippen LogP contribution is 2.23. The van der Waals surface area contributed by atoms with Gasteiger partial charge < -0.3 is 28.4 Å². The number of hydrogen-bond acceptors (Lipinski definition) is 9. The lowest BCUT2D eigenvalue weighted by Crippen LogP contribution is -2.03. The van der Waals surface area contributed by atoms with Crippen LogP contribution < -0.4 is 14.2 Å². The van der Waals surface area contributed by atoms with E-state index in [1.54, 1.807) is 0 Å². The van der Waals surface area contributed by atoms with E-state index >= 15 is 0 Å². The van der Waals surface area contributed by atoms with Crippen molar-refractivity contribution in [2.45, 2.75) is 18.3 Å². The molecule has 9 heteroatoms. The van der Waals surface area contributed by atoms with Gasteiger partial charge in [-0.3, -0.25) is 15.0 Å². The lowest BCUT2D eigenvalue weighted by molar-refractivity contribution is 0.263. The third kappa shape index (κ3) is 9.33. The second kappa shape index (κ2) is 13.9. The van der Waals surface area contributed by atoms with Crippen LogP contribution >= 0.6 is 0 Å². The van der Waals surface area contributed by atoms with Crippen LogP contribution in [0, 0.1) is 0 Å². The molecular formula is C36H33N3O6. The highest BCUT2D eigenvalue weighted by molar-refractivity contribution is 5.93. The SMILES string of the molecule is C(=N\c1ccc(OCC2CO2)cc1)/c1cc(/C=N/c2ccc(OCC3CO3)cc2)cc(/C=N/c2ccc(OCC3CO3)cc2)c1. The third-order valence-corrected chi connectivity index (χ3v) is 7.11. The number of epoxide rings is 3. The van der Waals surface area contributed by atoms with E-state index in [-0.39, 0.29) is 18.3 Å². The Labute approximate surface area is 261 Å². The summed E-state index contributed by atoms with van der Waals surface area (Å²) in [5, 5.41) is 0. The largest absolute Gasteiger partial charge is 0.491 e. The van der Waals surface area contributed by atoms with Crippen LogP contribution in [0.5, 0.6) is 17.2 Å². The second-order valence-electron chi connectivity index (χ2n) is 11.0. The number of aliphatic imine (C=N–C) groups is 3. The van der Waals surface area contributed by atoms with E-state index in [1.807, 2.05) is 110 Å². The fourth-order valence-corrected chi connectivity index (χ4v) is 4.32. The number of hydrogen-bond donors (Lipinski definition) is 0. The summed E-state index contributed by atoms with van der Waals surface area (Å²) in [5.41, 5.74) is 5.23. The van der Waals surface area contributed by atoms with Crippen LogP contribution in [0.15, 0.2) is 106 Å². The fourth-order valence-electron chi connectivity index (χ4n) is 4.32. The standard InChI is InChI=1S/C36H33N3O6/c1-7-31(40-19-34-22-43-34)8-2-28(1)37-16-25-13-26(17-38-29-3-9-32(10-4-29)41-20-35-23-44-35)15-27(14-25)18-39-30-5-11-33(12-6-30)42-21-36-24-45-36/h1-18,34-36H,19-24H2/b37-16+,38-17+,39-18+. The Morgan fingerprint density at radius 1 is 0.467 bits per heavy atom. The third-order valence-electron chi connectivity index (χ3n) is 7.11. The average Bonchev–Trinajstić information content (AvgIpc) is 3.92. The van der Waals surface area contributed by atoms with Crippen LogP contribution in [0.3, 0.4) is 0 Å². The van der Waals surface area contributed by atoms with Crippen LogP contribution in [-0.2, 0) is 14.2 Å². The summed E-state index contributed by atoms with van der Waals surface area (Å²) < 4.78 is 32.8. The van der Waals surface area contributed by atoms with Gasteiger partial charge in [-0.05, 0) is 108 Å². The zero-order chi connectivity index (χ0) is 30.3. The molecule has 0 aromatic heterocycles. The summed E-state index contributed by atoms with van der Waals surface area (Å²) in [5.74, 6) is 2.40. The van der Waals surface area contributed by atoms with Gasteiger partial charge in [-0.1, -0.05) is 0 Å². The van der Waals surface area contributed by atoms with E-state index in [9.17, 15) is 0 Å². The van der Waals surface area contributed by atoms with Gasteiger partial charge in [-0.2, -0.15) is 0 Å². The molecule has 0 aliphatic carbocycles. The lowest BCUT2D eigenvalue weighted by Gasteiger charge is -2.05. The van der Waals surface area contributed by atoms with Gasteiger partial charge in [0.05, 0.1) is 36.9 Å². The van der Waals surface area contributed by atoms with E-state index in [2.05, 4.69) is 0 Å². The minimum absolute atomic E-state index is 0.220. The summed E-state index contributed by atoms with van der Waals surface area (Å²) in [7, 11) is 0. The monoisotopic (exact) mass is 603 g/mol. The maximum Gasteiger partial charge on any atom is 0.119 e. The summed E-state index contributed by atoms with van der Waals surface area (Å²) >= 11 is 0. The van der Waals surface area contributed by atoms with Crippen LogP contribution in [0.25, 0.3) is 0 Å². The molecule has 3 fully saturated rings. The first-order valence-corrected chi connectivity index (χ1v) is 15.0. The molecule has 9 nitrogen and oxygen atoms in total. The lowest BCUT2D eigenvalue weighted by atomic mass is 10.1. The van der Waals surface area contributed by atoms with Gasteiger partial charge in [0.2, 0.25) is 0 Å². The van der Waals surface area contributed by atoms with Crippen LogP contribution in [0.1, 0.15) is 16.7 Å². The maximum atomic E-state index is 5.74. The molecular weight excluding hydrogens is 570 g/mol. The molecule has 0 bridgehead atoms. The van der Waals surface area contributed by atoms with E-state index in [0.717, 1.165) is 70.8 Å². The molecule has 4 aromatic rings. The van der Waals surface area contributed by atoms with Crippen molar-refractivity contribution in [2.24, 2.45) is 15.0 Å². The predicted molar refractivity (Wildman–Crippen MR) is 173 cm³/mol. The van der Waals surface area contributed by atoms with Crippen molar-refractivity contribution in [1.29, 1.82) is 0 Å². The van der Waals surface area contributed by atoms with Gasteiger partial charge in [-0.25, -0.2) is 0 Å². The van der Waals surface area contributed by atoms with Gasteiger partial charge in [0, 0.05) is 18.6 Å². The van der Waals surface area contributed by atoms with Crippen LogP contribution in [0.2, 0.25) is 0 Å². The quantitative estimate of drug-likeness (QED) is 0.117. The van der Waals surface area contributed by atoms with Crippen LogP contribution in [0.4, 0.5) is 17.1 Å². The molecule has 228 valence electrons. The Kier molecular flexibility index (Phi) is 8.90. The average molecular weight is 604 g/mol. The van der Waals surface area contributed by atoms with Gasteiger partial charge in [0.25, 0.3) is 0 Å². The second-order valence-corrected chi connectivity index (χ2v) is 11.0. The summed E-state index contributed by atoms with van der Waals surface area (Å²) in [6.45, 7) is 4.03. The molecule has 3 saturated heterocycles. The van der Waals surface area contributed by atoms with E-state index in [1.165, 1.54) is 0 Å². The first-order chi connectivity index (χ1) is 22.2. The molecule has 3 atom stereocenters. The zero-order valence-corrected chi connectivity index (χ0v) is 24.7. The molecule has 0 saturated carbocycles. The number of benzene rings is 4. The Morgan fingerprint density at radius 2 is 0.733 bits per heavy atom. The fraction of sp³-hybridized carbons (Fsp3) is 0.250. The minimum atomic E-state index is 0.220. The van der Waals surface area contributed by atoms with Crippen molar-refractivity contribution in [3.05, 3.63) is 108 Å². The topological polar surface area (TPSA) is 102 Å². The van der Waals surface area contributed by atoms with Crippen molar-refractivity contribution in [2.75, 3.05) is 39.6 Å². The summed E-state index contributed by atoms with van der Waals surface area (Å²) in [4.78, 5) is 14.1. The molecule has 45 heavy (non-hydrogen) atoms. The van der Waals surface area contributed by atoms with E-state index in [4.69, 9.17) is 43.4 Å². The molecule has 4 aromatic carbocycles. The first-order valence-electron chi connectivity index (χ1n) is 15.0. The minimum Gasteiger partial charge on any atom is -0.491 e. The molecule has 0 radical (unpaired) electrons. The van der Waals surface area contributed by atoms with Gasteiger partial charge in [0.15, 0.2) is 0 Å². The van der Waals surface area contributed by atoms with E-state index in [0.29, 0.717) is 19.8 Å². The van der Waals surface area contributed by atoms with Crippen molar-refractivity contribution in [3.63, 3.8) is 0 Å². The molecule has 3 aliphatic heterocycles. The van der Waals surface area contributed by atoms with Crippen molar-refractivity contribution in [1.82, 2.24) is 0 Å². The van der Waals surface area contributed by atoms with Crippen molar-refractivity contribution in [3.8, 4) is 17.2 Å². The number of ether oxygens (including phenoxy) is 6.